The van der Waals surface area contributed by atoms with Crippen molar-refractivity contribution in [1.82, 2.24) is 0 Å². The van der Waals surface area contributed by atoms with Crippen molar-refractivity contribution >= 4 is 33.5 Å². The molecule has 2 atom stereocenters. The Labute approximate surface area is 266 Å². The zero-order valence-corrected chi connectivity index (χ0v) is 30.2. The van der Waals surface area contributed by atoms with Crippen LogP contribution in [0.3, 0.4) is 0 Å². The van der Waals surface area contributed by atoms with Gasteiger partial charge in [-0.25, -0.2) is 0 Å². The third-order valence-corrected chi connectivity index (χ3v) is 10.1. The molecule has 232 valence electrons. The van der Waals surface area contributed by atoms with Gasteiger partial charge in [0.1, 0.15) is 0 Å². The van der Waals surface area contributed by atoms with Crippen molar-refractivity contribution < 1.29 is 0 Å². The Kier molecular flexibility index (Phi) is 8.95. The fourth-order valence-corrected chi connectivity index (χ4v) is 7.55. The lowest BCUT2D eigenvalue weighted by atomic mass is 9.78. The molecule has 2 unspecified atom stereocenters. The molecule has 1 heterocycles. The van der Waals surface area contributed by atoms with Gasteiger partial charge in [0.05, 0.1) is 12.1 Å². The zero-order chi connectivity index (χ0) is 32.1. The second-order valence-corrected chi connectivity index (χ2v) is 17.6. The number of anilines is 2. The van der Waals surface area contributed by atoms with E-state index in [1.165, 1.54) is 54.2 Å². The van der Waals surface area contributed by atoms with Gasteiger partial charge >= 0.3 is 0 Å². The first-order chi connectivity index (χ1) is 19.7. The predicted octanol–water partition coefficient (Wildman–Crippen LogP) is 12.4. The summed E-state index contributed by atoms with van der Waals surface area (Å²) < 4.78 is 0. The summed E-state index contributed by atoms with van der Waals surface area (Å²) >= 11 is 1.96. The highest BCUT2D eigenvalue weighted by Gasteiger charge is 2.29. The van der Waals surface area contributed by atoms with Crippen LogP contribution in [0.4, 0.5) is 11.4 Å². The first-order valence-corrected chi connectivity index (χ1v) is 16.8. The van der Waals surface area contributed by atoms with Crippen molar-refractivity contribution in [2.24, 2.45) is 0 Å². The Hall–Kier alpha value is -2.78. The lowest BCUT2D eigenvalue weighted by molar-refractivity contribution is 0.569. The SMILES string of the molecule is CC(Nc1c(C(C)(C)C)cccc1C(C)(C)C)c1sc(C(C)Nc2c(C(C)(C)C)cccc2C(C)(C)C)c2ccccc12. The van der Waals surface area contributed by atoms with Gasteiger partial charge in [-0.05, 0) is 68.5 Å². The molecule has 0 aliphatic heterocycles. The van der Waals surface area contributed by atoms with Gasteiger partial charge in [-0.15, -0.1) is 11.3 Å². The number of thiophene rings is 1. The summed E-state index contributed by atoms with van der Waals surface area (Å²) in [6, 6.07) is 22.9. The molecule has 3 heteroatoms. The molecule has 0 radical (unpaired) electrons. The van der Waals surface area contributed by atoms with Gasteiger partial charge in [0.2, 0.25) is 0 Å². The van der Waals surface area contributed by atoms with Gasteiger partial charge in [-0.2, -0.15) is 0 Å². The Morgan fingerprint density at radius 1 is 0.442 bits per heavy atom. The summed E-state index contributed by atoms with van der Waals surface area (Å²) in [5.41, 5.74) is 8.21. The van der Waals surface area contributed by atoms with Gasteiger partial charge in [-0.3, -0.25) is 0 Å². The molecular weight excluding hydrogens is 541 g/mol. The molecule has 0 fully saturated rings. The molecule has 43 heavy (non-hydrogen) atoms. The number of para-hydroxylation sites is 2. The Bertz CT molecular complexity index is 1400. The third kappa shape index (κ3) is 6.98. The number of rotatable bonds is 6. The molecule has 2 nitrogen and oxygen atoms in total. The zero-order valence-electron chi connectivity index (χ0n) is 29.3. The van der Waals surface area contributed by atoms with Crippen LogP contribution in [0.15, 0.2) is 60.7 Å². The van der Waals surface area contributed by atoms with E-state index in [-0.39, 0.29) is 33.7 Å². The van der Waals surface area contributed by atoms with E-state index in [1.54, 1.807) is 0 Å². The number of nitrogens with one attached hydrogen (secondary N) is 2. The maximum Gasteiger partial charge on any atom is 0.0585 e. The standard InChI is InChI=1S/C40H56N2S/c1-25(41-33-29(37(3,4)5)21-17-22-30(33)38(6,7)8)35-27-19-15-16-20-28(27)36(43-35)26(2)42-34-31(39(9,10)11)23-18-24-32(34)40(12,13)14/h15-26,41-42H,1-14H3. The minimum Gasteiger partial charge on any atom is -0.377 e. The first-order valence-electron chi connectivity index (χ1n) is 16.0. The van der Waals surface area contributed by atoms with Crippen LogP contribution in [0.5, 0.6) is 0 Å². The van der Waals surface area contributed by atoms with E-state index >= 15 is 0 Å². The third-order valence-electron chi connectivity index (χ3n) is 8.55. The van der Waals surface area contributed by atoms with Crippen LogP contribution >= 0.6 is 11.3 Å². The molecule has 0 saturated heterocycles. The molecule has 3 aromatic carbocycles. The molecule has 1 aromatic heterocycles. The fraction of sp³-hybridized carbons (Fsp3) is 0.500. The predicted molar refractivity (Wildman–Crippen MR) is 194 cm³/mol. The largest absolute Gasteiger partial charge is 0.377 e. The molecule has 0 amide bonds. The summed E-state index contributed by atoms with van der Waals surface area (Å²) in [4.78, 5) is 2.78. The van der Waals surface area contributed by atoms with Crippen LogP contribution in [0.25, 0.3) is 10.8 Å². The van der Waals surface area contributed by atoms with Gasteiger partial charge in [0, 0.05) is 21.1 Å². The monoisotopic (exact) mass is 596 g/mol. The Balaban J connectivity index is 1.81. The van der Waals surface area contributed by atoms with Crippen LogP contribution in [0.2, 0.25) is 0 Å². The van der Waals surface area contributed by atoms with Crippen LogP contribution in [0, 0.1) is 0 Å². The second-order valence-electron chi connectivity index (χ2n) is 16.6. The number of hydrogen-bond acceptors (Lipinski definition) is 3. The lowest BCUT2D eigenvalue weighted by Crippen LogP contribution is -2.22. The maximum atomic E-state index is 4.05. The van der Waals surface area contributed by atoms with E-state index in [4.69, 9.17) is 0 Å². The quantitative estimate of drug-likeness (QED) is 0.231. The minimum absolute atomic E-state index is 0.0373. The summed E-state index contributed by atoms with van der Waals surface area (Å²) in [6.45, 7) is 32.5. The minimum atomic E-state index is 0.0373. The Morgan fingerprint density at radius 2 is 0.721 bits per heavy atom. The maximum absolute atomic E-state index is 4.05. The van der Waals surface area contributed by atoms with Crippen molar-refractivity contribution in [2.75, 3.05) is 10.6 Å². The first kappa shape index (κ1) is 33.1. The van der Waals surface area contributed by atoms with Crippen LogP contribution in [-0.2, 0) is 21.7 Å². The second kappa shape index (κ2) is 11.6. The summed E-state index contributed by atoms with van der Waals surface area (Å²) in [5, 5.41) is 10.8. The number of benzene rings is 3. The summed E-state index contributed by atoms with van der Waals surface area (Å²) in [7, 11) is 0. The molecule has 0 spiro atoms. The molecular formula is C40H56N2S. The highest BCUT2D eigenvalue weighted by Crippen LogP contribution is 2.45. The molecule has 4 rings (SSSR count). The van der Waals surface area contributed by atoms with Crippen molar-refractivity contribution in [2.45, 2.75) is 131 Å². The average molecular weight is 597 g/mol. The van der Waals surface area contributed by atoms with E-state index in [2.05, 4.69) is 168 Å². The van der Waals surface area contributed by atoms with Crippen LogP contribution < -0.4 is 10.6 Å². The van der Waals surface area contributed by atoms with Gasteiger partial charge in [0.25, 0.3) is 0 Å². The molecule has 0 aliphatic rings. The van der Waals surface area contributed by atoms with E-state index in [0.717, 1.165) is 0 Å². The highest BCUT2D eigenvalue weighted by molar-refractivity contribution is 7.14. The van der Waals surface area contributed by atoms with Crippen molar-refractivity contribution in [3.63, 3.8) is 0 Å². The molecule has 2 N–H and O–H groups in total. The Morgan fingerprint density at radius 3 is 0.977 bits per heavy atom. The van der Waals surface area contributed by atoms with Crippen molar-refractivity contribution in [3.05, 3.63) is 92.7 Å². The smallest absolute Gasteiger partial charge is 0.0585 e. The van der Waals surface area contributed by atoms with E-state index < -0.39 is 0 Å². The van der Waals surface area contributed by atoms with Crippen molar-refractivity contribution in [1.29, 1.82) is 0 Å². The summed E-state index contributed by atoms with van der Waals surface area (Å²) in [6.07, 6.45) is 0. The van der Waals surface area contributed by atoms with E-state index in [9.17, 15) is 0 Å². The molecule has 0 saturated carbocycles. The van der Waals surface area contributed by atoms with E-state index in [0.29, 0.717) is 0 Å². The van der Waals surface area contributed by atoms with Gasteiger partial charge < -0.3 is 10.6 Å². The molecule has 0 bridgehead atoms. The summed E-state index contributed by atoms with van der Waals surface area (Å²) in [5.74, 6) is 0. The molecule has 0 aliphatic carbocycles. The number of fused-ring (bicyclic) bond motifs is 1. The molecule has 4 aromatic rings. The average Bonchev–Trinajstić information content (AvgIpc) is 3.26. The van der Waals surface area contributed by atoms with Crippen LogP contribution in [0.1, 0.15) is 141 Å². The highest BCUT2D eigenvalue weighted by atomic mass is 32.1. The fourth-order valence-electron chi connectivity index (χ4n) is 6.26. The van der Waals surface area contributed by atoms with Gasteiger partial charge in [-0.1, -0.05) is 144 Å². The van der Waals surface area contributed by atoms with E-state index in [1.807, 2.05) is 11.3 Å². The normalized spacial score (nSPS) is 14.6. The number of hydrogen-bond donors (Lipinski definition) is 2. The van der Waals surface area contributed by atoms with Crippen LogP contribution in [-0.4, -0.2) is 0 Å². The van der Waals surface area contributed by atoms with Crippen molar-refractivity contribution in [3.8, 4) is 0 Å². The lowest BCUT2D eigenvalue weighted by Gasteiger charge is -2.32. The topological polar surface area (TPSA) is 24.1 Å². The van der Waals surface area contributed by atoms with Gasteiger partial charge in [0.15, 0.2) is 0 Å².